The van der Waals surface area contributed by atoms with E-state index in [1.54, 1.807) is 6.92 Å². The lowest BCUT2D eigenvalue weighted by molar-refractivity contribution is -0.242. The Morgan fingerprint density at radius 1 is 1.37 bits per heavy atom. The van der Waals surface area contributed by atoms with Crippen LogP contribution in [0.2, 0.25) is 5.15 Å². The Kier molecular flexibility index (Phi) is 6.98. The van der Waals surface area contributed by atoms with Crippen molar-refractivity contribution < 1.29 is 35.9 Å². The second-order valence-corrected chi connectivity index (χ2v) is 11.9. The van der Waals surface area contributed by atoms with Crippen molar-refractivity contribution in [2.45, 2.75) is 69.4 Å². The third kappa shape index (κ3) is 5.35. The van der Waals surface area contributed by atoms with E-state index in [2.05, 4.69) is 21.2 Å². The van der Waals surface area contributed by atoms with Crippen LogP contribution in [0.4, 0.5) is 29.3 Å². The van der Waals surface area contributed by atoms with Gasteiger partial charge in [0, 0.05) is 24.8 Å². The van der Waals surface area contributed by atoms with Gasteiger partial charge in [-0.2, -0.15) is 23.5 Å². The maximum absolute atomic E-state index is 13.8. The number of sulfonamides is 1. The third-order valence-corrected chi connectivity index (χ3v) is 8.63. The van der Waals surface area contributed by atoms with Gasteiger partial charge in [0.2, 0.25) is 5.60 Å². The zero-order chi connectivity index (χ0) is 28.1. The molecule has 15 heteroatoms. The topological polar surface area (TPSA) is 127 Å². The van der Waals surface area contributed by atoms with Crippen LogP contribution in [0.3, 0.4) is 0 Å². The van der Waals surface area contributed by atoms with Crippen LogP contribution in [0.1, 0.15) is 40.0 Å². The first-order valence-electron chi connectivity index (χ1n) is 11.7. The summed E-state index contributed by atoms with van der Waals surface area (Å²) in [5, 5.41) is 15.5. The van der Waals surface area contributed by atoms with Crippen molar-refractivity contribution in [1.82, 2.24) is 9.78 Å². The first-order valence-corrected chi connectivity index (χ1v) is 13.5. The Morgan fingerprint density at radius 2 is 2.05 bits per heavy atom. The molecule has 1 atom stereocenters. The summed E-state index contributed by atoms with van der Waals surface area (Å²) in [5.74, 6) is 0.145. The van der Waals surface area contributed by atoms with Gasteiger partial charge in [0.05, 0.1) is 23.7 Å². The van der Waals surface area contributed by atoms with Gasteiger partial charge in [0.25, 0.3) is 10.0 Å². The lowest BCUT2D eigenvalue weighted by Gasteiger charge is -2.36. The normalized spacial score (nSPS) is 18.7. The molecule has 1 amide bonds. The van der Waals surface area contributed by atoms with Crippen LogP contribution in [0, 0.1) is 16.7 Å². The fourth-order valence-electron chi connectivity index (χ4n) is 3.94. The Labute approximate surface area is 222 Å². The molecule has 10 nitrogen and oxygen atoms in total. The molecule has 1 N–H and O–H groups in total. The lowest BCUT2D eigenvalue weighted by atomic mass is 9.99. The molecule has 0 unspecified atom stereocenters. The highest BCUT2D eigenvalue weighted by Gasteiger charge is 2.51. The van der Waals surface area contributed by atoms with E-state index in [-0.39, 0.29) is 33.7 Å². The highest BCUT2D eigenvalue weighted by molar-refractivity contribution is 7.93. The number of nitriles is 1. The van der Waals surface area contributed by atoms with Gasteiger partial charge >= 0.3 is 12.3 Å². The summed E-state index contributed by atoms with van der Waals surface area (Å²) in [6.45, 7) is 3.37. The SMILES string of the molecule is CCn1cc(S(=O)(=O)N2C[C@H](CC3(C#N)CC3)Oc3ccc(NC(=O)OC(C)(C)C(F)(F)F)cc32)c(Cl)n1. The molecule has 1 aliphatic heterocycles. The van der Waals surface area contributed by atoms with E-state index in [1.807, 2.05) is 0 Å². The summed E-state index contributed by atoms with van der Waals surface area (Å²) >= 11 is 6.15. The molecule has 0 radical (unpaired) electrons. The third-order valence-electron chi connectivity index (χ3n) is 6.45. The van der Waals surface area contributed by atoms with Crippen LogP contribution in [-0.4, -0.2) is 48.7 Å². The molecule has 0 spiro atoms. The molecular weight excluding hydrogens is 551 g/mol. The fourth-order valence-corrected chi connectivity index (χ4v) is 5.89. The molecule has 1 aromatic heterocycles. The van der Waals surface area contributed by atoms with E-state index in [1.165, 1.54) is 29.1 Å². The molecular formula is C23H25ClF3N5O5S. The summed E-state index contributed by atoms with van der Waals surface area (Å²) < 4.78 is 79.8. The molecule has 4 rings (SSSR count). The second-order valence-electron chi connectivity index (χ2n) is 9.72. The van der Waals surface area contributed by atoms with Crippen molar-refractivity contribution in [1.29, 1.82) is 5.26 Å². The number of carbonyl (C=O) groups excluding carboxylic acids is 1. The standard InChI is InChI=1S/C23H25ClF3N5O5S/c1-4-31-12-18(19(24)30-31)38(34,35)32-11-15(10-22(13-28)7-8-22)36-17-6-5-14(9-16(17)32)29-20(33)37-21(2,3)23(25,26)27/h5-6,9,12,15H,4,7-8,10-11H2,1-3H3,(H,29,33)/t15-/m0/s1. The summed E-state index contributed by atoms with van der Waals surface area (Å²) in [4.78, 5) is 12.0. The molecule has 0 saturated heterocycles. The number of fused-ring (bicyclic) bond motifs is 1. The van der Waals surface area contributed by atoms with Crippen molar-refractivity contribution in [3.63, 3.8) is 0 Å². The highest BCUT2D eigenvalue weighted by atomic mass is 35.5. The fraction of sp³-hybridized carbons (Fsp3) is 0.522. The zero-order valence-corrected chi connectivity index (χ0v) is 22.2. The van der Waals surface area contributed by atoms with Crippen LogP contribution in [-0.2, 0) is 21.3 Å². The average molecular weight is 576 g/mol. The molecule has 206 valence electrons. The maximum Gasteiger partial charge on any atom is 0.427 e. The molecule has 38 heavy (non-hydrogen) atoms. The minimum Gasteiger partial charge on any atom is -0.486 e. The van der Waals surface area contributed by atoms with Crippen molar-refractivity contribution in [2.75, 3.05) is 16.2 Å². The number of halogens is 4. The zero-order valence-electron chi connectivity index (χ0n) is 20.7. The number of aryl methyl sites for hydroxylation is 1. The predicted octanol–water partition coefficient (Wildman–Crippen LogP) is 5.10. The van der Waals surface area contributed by atoms with E-state index in [0.29, 0.717) is 39.7 Å². The Balaban J connectivity index is 1.68. The number of ether oxygens (including phenoxy) is 2. The quantitative estimate of drug-likeness (QED) is 0.487. The van der Waals surface area contributed by atoms with Gasteiger partial charge in [0.1, 0.15) is 16.7 Å². The second kappa shape index (κ2) is 9.53. The first kappa shape index (κ1) is 27.8. The number of rotatable bonds is 7. The molecule has 2 heterocycles. The van der Waals surface area contributed by atoms with Crippen LogP contribution in [0.15, 0.2) is 29.3 Å². The number of nitrogens with zero attached hydrogens (tertiary/aromatic N) is 4. The minimum atomic E-state index is -4.81. The Morgan fingerprint density at radius 3 is 2.61 bits per heavy atom. The van der Waals surface area contributed by atoms with Gasteiger partial charge in [-0.25, -0.2) is 13.2 Å². The molecule has 1 aliphatic carbocycles. The highest BCUT2D eigenvalue weighted by Crippen LogP contribution is 2.51. The number of nitrogens with one attached hydrogen (secondary N) is 1. The smallest absolute Gasteiger partial charge is 0.427 e. The minimum absolute atomic E-state index is 0.0243. The molecule has 1 fully saturated rings. The number of amides is 1. The van der Waals surface area contributed by atoms with E-state index < -0.39 is 39.4 Å². The van der Waals surface area contributed by atoms with Crippen LogP contribution < -0.4 is 14.4 Å². The lowest BCUT2D eigenvalue weighted by Crippen LogP contribution is -2.45. The Bertz CT molecular complexity index is 1400. The predicted molar refractivity (Wildman–Crippen MR) is 130 cm³/mol. The van der Waals surface area contributed by atoms with Crippen molar-refractivity contribution >= 4 is 39.1 Å². The van der Waals surface area contributed by atoms with E-state index in [0.717, 1.165) is 4.31 Å². The van der Waals surface area contributed by atoms with Crippen LogP contribution >= 0.6 is 11.6 Å². The molecule has 0 bridgehead atoms. The Hall–Kier alpha value is -3.18. The number of hydrogen-bond donors (Lipinski definition) is 1. The summed E-state index contributed by atoms with van der Waals surface area (Å²) in [5.41, 5.74) is -3.35. The van der Waals surface area contributed by atoms with Crippen LogP contribution in [0.25, 0.3) is 0 Å². The number of benzene rings is 1. The van der Waals surface area contributed by atoms with Gasteiger partial charge in [-0.1, -0.05) is 11.6 Å². The number of alkyl halides is 3. The first-order chi connectivity index (χ1) is 17.6. The molecule has 1 aromatic carbocycles. The van der Waals surface area contributed by atoms with Gasteiger partial charge in [0.15, 0.2) is 5.15 Å². The number of aromatic nitrogens is 2. The number of anilines is 2. The van der Waals surface area contributed by atoms with Gasteiger partial charge in [-0.3, -0.25) is 14.3 Å². The van der Waals surface area contributed by atoms with Gasteiger partial charge in [-0.05, 0) is 51.8 Å². The number of hydrogen-bond acceptors (Lipinski definition) is 7. The van der Waals surface area contributed by atoms with Crippen LogP contribution in [0.5, 0.6) is 5.75 Å². The average Bonchev–Trinajstić information content (AvgIpc) is 3.48. The monoisotopic (exact) mass is 575 g/mol. The van der Waals surface area contributed by atoms with Crippen molar-refractivity contribution in [3.05, 3.63) is 29.5 Å². The maximum atomic E-state index is 13.8. The molecule has 2 aromatic rings. The molecule has 1 saturated carbocycles. The van der Waals surface area contributed by atoms with Gasteiger partial charge in [-0.15, -0.1) is 0 Å². The van der Waals surface area contributed by atoms with Gasteiger partial charge < -0.3 is 9.47 Å². The summed E-state index contributed by atoms with van der Waals surface area (Å²) in [6, 6.07) is 6.24. The molecule has 2 aliphatic rings. The van der Waals surface area contributed by atoms with E-state index >= 15 is 0 Å². The largest absolute Gasteiger partial charge is 0.486 e. The summed E-state index contributed by atoms with van der Waals surface area (Å²) in [6.07, 6.45) is -3.90. The summed E-state index contributed by atoms with van der Waals surface area (Å²) in [7, 11) is -4.30. The van der Waals surface area contributed by atoms with E-state index in [4.69, 9.17) is 16.3 Å². The van der Waals surface area contributed by atoms with Crippen molar-refractivity contribution in [2.24, 2.45) is 5.41 Å². The number of carbonyl (C=O) groups is 1. The van der Waals surface area contributed by atoms with Crippen molar-refractivity contribution in [3.8, 4) is 11.8 Å². The van der Waals surface area contributed by atoms with E-state index in [9.17, 15) is 31.6 Å².